The van der Waals surface area contributed by atoms with Crippen molar-refractivity contribution in [2.24, 2.45) is 0 Å². The molecule has 0 radical (unpaired) electrons. The van der Waals surface area contributed by atoms with Crippen LogP contribution in [0.1, 0.15) is 35.3 Å². The highest BCUT2D eigenvalue weighted by molar-refractivity contribution is 7.57. The highest BCUT2D eigenvalue weighted by Gasteiger charge is 2.58. The third-order valence-corrected chi connectivity index (χ3v) is 9.43. The first-order valence-electron chi connectivity index (χ1n) is 12.0. The zero-order chi connectivity index (χ0) is 24.3. The maximum Gasteiger partial charge on any atom is 0.278 e. The van der Waals surface area contributed by atoms with Gasteiger partial charge in [0.15, 0.2) is 0 Å². The first-order valence-corrected chi connectivity index (χ1v) is 13.8. The Kier molecular flexibility index (Phi) is 6.58. The Morgan fingerprint density at radius 3 is 1.57 bits per heavy atom. The molecule has 1 heterocycles. The summed E-state index contributed by atoms with van der Waals surface area (Å²) in [5, 5.41) is 0. The molecule has 0 bridgehead atoms. The molecule has 4 heteroatoms. The molecule has 4 aromatic rings. The molecule has 0 N–H and O–H groups in total. The van der Waals surface area contributed by atoms with Gasteiger partial charge in [-0.1, -0.05) is 127 Å². The molecule has 1 fully saturated rings. The van der Waals surface area contributed by atoms with Crippen LogP contribution in [0.25, 0.3) is 0 Å². The number of allylic oxidation sites excluding steroid dienone is 1. The fourth-order valence-corrected chi connectivity index (χ4v) is 8.29. The van der Waals surface area contributed by atoms with Crippen molar-refractivity contribution in [2.75, 3.05) is 6.16 Å². The Balaban J connectivity index is 1.85. The van der Waals surface area contributed by atoms with Crippen LogP contribution in [0.4, 0.5) is 0 Å². The predicted octanol–water partition coefficient (Wildman–Crippen LogP) is 7.82. The van der Waals surface area contributed by atoms with Crippen molar-refractivity contribution >= 4 is 7.52 Å². The molecule has 176 valence electrons. The van der Waals surface area contributed by atoms with Crippen LogP contribution in [-0.2, 0) is 14.6 Å². The van der Waals surface area contributed by atoms with Gasteiger partial charge in [-0.2, -0.15) is 0 Å². The molecule has 0 saturated carbocycles. The van der Waals surface area contributed by atoms with Gasteiger partial charge in [0.25, 0.3) is 7.52 Å². The molecular weight excluding hydrogens is 449 g/mol. The fourth-order valence-electron chi connectivity index (χ4n) is 5.47. The number of hydrogen-bond donors (Lipinski definition) is 0. The van der Waals surface area contributed by atoms with Crippen LogP contribution in [0.3, 0.4) is 0 Å². The Morgan fingerprint density at radius 2 is 1.17 bits per heavy atom. The third kappa shape index (κ3) is 4.00. The first kappa shape index (κ1) is 23.5. The zero-order valence-electron chi connectivity index (χ0n) is 19.9. The lowest BCUT2D eigenvalue weighted by Gasteiger charge is -2.46. The Labute approximate surface area is 208 Å². The van der Waals surface area contributed by atoms with Gasteiger partial charge >= 0.3 is 0 Å². The van der Waals surface area contributed by atoms with E-state index in [0.29, 0.717) is 0 Å². The summed E-state index contributed by atoms with van der Waals surface area (Å²) in [6.07, 6.45) is 1.65. The van der Waals surface area contributed by atoms with Gasteiger partial charge in [0, 0.05) is 6.04 Å². The van der Waals surface area contributed by atoms with Crippen LogP contribution >= 0.6 is 7.52 Å². The van der Waals surface area contributed by atoms with Crippen molar-refractivity contribution in [1.29, 1.82) is 0 Å². The lowest BCUT2D eigenvalue weighted by molar-refractivity contribution is 0.177. The van der Waals surface area contributed by atoms with Gasteiger partial charge in [0.1, 0.15) is 11.6 Å². The van der Waals surface area contributed by atoms with E-state index in [4.69, 9.17) is 4.52 Å². The van der Waals surface area contributed by atoms with Crippen molar-refractivity contribution in [3.05, 3.63) is 156 Å². The van der Waals surface area contributed by atoms with Gasteiger partial charge in [-0.25, -0.2) is 4.67 Å². The molecule has 4 aromatic carbocycles. The van der Waals surface area contributed by atoms with Crippen LogP contribution in [0, 0.1) is 0 Å². The van der Waals surface area contributed by atoms with E-state index in [1.807, 2.05) is 72.8 Å². The highest BCUT2D eigenvalue weighted by Crippen LogP contribution is 2.69. The molecule has 1 aliphatic heterocycles. The third-order valence-electron chi connectivity index (χ3n) is 6.84. The number of rotatable bonds is 7. The summed E-state index contributed by atoms with van der Waals surface area (Å²) in [4.78, 5) is 0. The van der Waals surface area contributed by atoms with E-state index in [2.05, 4.69) is 66.7 Å². The number of benzene rings is 4. The summed E-state index contributed by atoms with van der Waals surface area (Å²) in [6.45, 7) is 6.08. The molecule has 5 rings (SSSR count). The second-order valence-corrected chi connectivity index (χ2v) is 11.2. The standard InChI is InChI=1S/C31H30NO2P/c1-3-24-35(33)32(25(2)30(34-35)26-16-8-4-9-17-26)31(27-18-10-5-11-19-27,28-20-12-6-13-21-28)29-22-14-7-15-23-29/h3-23,25,30H,1,24H2,2H3/t25-,30-,35-/m0/s1. The Bertz CT molecular complexity index is 1210. The minimum absolute atomic E-state index is 0.177. The van der Waals surface area contributed by atoms with Crippen LogP contribution in [0.15, 0.2) is 134 Å². The maximum atomic E-state index is 14.9. The molecule has 1 aliphatic rings. The van der Waals surface area contributed by atoms with Gasteiger partial charge in [-0.15, -0.1) is 6.58 Å². The predicted molar refractivity (Wildman–Crippen MR) is 143 cm³/mol. The van der Waals surface area contributed by atoms with Crippen molar-refractivity contribution < 1.29 is 9.09 Å². The quantitative estimate of drug-likeness (QED) is 0.154. The normalized spacial score (nSPS) is 22.7. The van der Waals surface area contributed by atoms with Crippen LogP contribution in [0.5, 0.6) is 0 Å². The largest absolute Gasteiger partial charge is 0.307 e. The molecule has 3 atom stereocenters. The second-order valence-electron chi connectivity index (χ2n) is 8.94. The van der Waals surface area contributed by atoms with E-state index in [0.717, 1.165) is 22.3 Å². The van der Waals surface area contributed by atoms with E-state index in [-0.39, 0.29) is 18.3 Å². The summed E-state index contributed by atoms with van der Waals surface area (Å²) in [6, 6.07) is 41.0. The van der Waals surface area contributed by atoms with E-state index >= 15 is 0 Å². The molecule has 0 amide bonds. The van der Waals surface area contributed by atoms with Crippen molar-refractivity contribution in [3.8, 4) is 0 Å². The average molecular weight is 480 g/mol. The molecule has 3 nitrogen and oxygen atoms in total. The zero-order valence-corrected chi connectivity index (χ0v) is 20.8. The lowest BCUT2D eigenvalue weighted by atomic mass is 9.76. The highest BCUT2D eigenvalue weighted by atomic mass is 31.2. The summed E-state index contributed by atoms with van der Waals surface area (Å²) in [7, 11) is -3.36. The summed E-state index contributed by atoms with van der Waals surface area (Å²) in [5.41, 5.74) is 3.34. The SMILES string of the molecule is C=CC[P@]1(=O)O[C@H](c2ccccc2)[C@H](C)N1C(c1ccccc1)(c1ccccc1)c1ccccc1. The number of nitrogens with zero attached hydrogens (tertiary/aromatic N) is 1. The fraction of sp³-hybridized carbons (Fsp3) is 0.161. The topological polar surface area (TPSA) is 29.5 Å². The van der Waals surface area contributed by atoms with Crippen molar-refractivity contribution in [2.45, 2.75) is 24.6 Å². The van der Waals surface area contributed by atoms with E-state index in [9.17, 15) is 4.57 Å². The minimum atomic E-state index is -3.36. The van der Waals surface area contributed by atoms with Crippen molar-refractivity contribution in [3.63, 3.8) is 0 Å². The van der Waals surface area contributed by atoms with Gasteiger partial charge in [-0.05, 0) is 29.2 Å². The molecule has 0 unspecified atom stereocenters. The van der Waals surface area contributed by atoms with E-state index in [1.54, 1.807) is 6.08 Å². The molecular formula is C31H30NO2P. The van der Waals surface area contributed by atoms with E-state index in [1.165, 1.54) is 0 Å². The molecule has 1 saturated heterocycles. The summed E-state index contributed by atoms with van der Waals surface area (Å²) < 4.78 is 23.7. The summed E-state index contributed by atoms with van der Waals surface area (Å²) in [5.74, 6) is 0. The molecule has 0 aliphatic carbocycles. The second kappa shape index (κ2) is 9.79. The van der Waals surface area contributed by atoms with Crippen LogP contribution in [0.2, 0.25) is 0 Å². The van der Waals surface area contributed by atoms with Gasteiger partial charge in [-0.3, -0.25) is 4.57 Å². The minimum Gasteiger partial charge on any atom is -0.307 e. The first-order chi connectivity index (χ1) is 17.1. The summed E-state index contributed by atoms with van der Waals surface area (Å²) >= 11 is 0. The average Bonchev–Trinajstić information content (AvgIpc) is 3.18. The van der Waals surface area contributed by atoms with Crippen LogP contribution < -0.4 is 0 Å². The monoisotopic (exact) mass is 479 g/mol. The van der Waals surface area contributed by atoms with Gasteiger partial charge in [0.2, 0.25) is 0 Å². The molecule has 35 heavy (non-hydrogen) atoms. The smallest absolute Gasteiger partial charge is 0.278 e. The van der Waals surface area contributed by atoms with Gasteiger partial charge in [0.05, 0.1) is 6.16 Å². The molecule has 0 aromatic heterocycles. The Hall–Kier alpha value is -3.23. The number of hydrogen-bond acceptors (Lipinski definition) is 2. The Morgan fingerprint density at radius 1 is 0.771 bits per heavy atom. The molecule has 0 spiro atoms. The van der Waals surface area contributed by atoms with Gasteiger partial charge < -0.3 is 4.52 Å². The van der Waals surface area contributed by atoms with Crippen molar-refractivity contribution in [1.82, 2.24) is 4.67 Å². The lowest BCUT2D eigenvalue weighted by Crippen LogP contribution is -2.48. The maximum absolute atomic E-state index is 14.9. The van der Waals surface area contributed by atoms with E-state index < -0.39 is 13.1 Å². The van der Waals surface area contributed by atoms with Crippen LogP contribution in [-0.4, -0.2) is 16.9 Å².